The number of hydrogen-bond acceptors (Lipinski definition) is 3. The molecule has 1 aliphatic heterocycles. The molecule has 6 heteroatoms. The minimum atomic E-state index is -0.426. The average Bonchev–Trinajstić information content (AvgIpc) is 3.15. The van der Waals surface area contributed by atoms with Crippen LogP contribution in [0.3, 0.4) is 0 Å². The number of nitrogens with one attached hydrogen (secondary N) is 1. The van der Waals surface area contributed by atoms with E-state index in [1.54, 1.807) is 17.9 Å². The van der Waals surface area contributed by atoms with Crippen molar-refractivity contribution in [2.75, 3.05) is 6.54 Å². The van der Waals surface area contributed by atoms with Gasteiger partial charge in [0.05, 0.1) is 18.3 Å². The molecule has 23 heavy (non-hydrogen) atoms. The van der Waals surface area contributed by atoms with Gasteiger partial charge in [0.15, 0.2) is 0 Å². The van der Waals surface area contributed by atoms with Gasteiger partial charge in [-0.15, -0.1) is 0 Å². The molecule has 0 bridgehead atoms. The number of halogens is 1. The van der Waals surface area contributed by atoms with Gasteiger partial charge in [-0.1, -0.05) is 0 Å². The molecule has 1 fully saturated rings. The number of aryl methyl sites for hydroxylation is 1. The predicted octanol–water partition coefficient (Wildman–Crippen LogP) is 3.73. The third-order valence-corrected chi connectivity index (χ3v) is 4.21. The number of aromatic nitrogens is 1. The third kappa shape index (κ3) is 3.21. The first-order valence-corrected chi connectivity index (χ1v) is 7.79. The predicted molar refractivity (Wildman–Crippen MR) is 83.3 cm³/mol. The molecule has 0 spiro atoms. The number of carbonyl (C=O) groups is 1. The number of nitrogens with zero attached hydrogens (tertiary/aromatic N) is 2. The molecule has 2 unspecified atom stereocenters. The lowest BCUT2D eigenvalue weighted by Crippen LogP contribution is -2.40. The molecule has 3 rings (SSSR count). The summed E-state index contributed by atoms with van der Waals surface area (Å²) in [6.45, 7) is 4.32. The lowest BCUT2D eigenvalue weighted by atomic mass is 10.1. The Morgan fingerprint density at radius 3 is 3.00 bits per heavy atom. The summed E-state index contributed by atoms with van der Waals surface area (Å²) in [6.07, 6.45) is 4.47. The number of likely N-dealkylation sites (tertiary alicyclic amines) is 1. The Hall–Kier alpha value is -2.37. The van der Waals surface area contributed by atoms with Crippen LogP contribution in [0, 0.1) is 12.7 Å². The smallest absolute Gasteiger partial charge is 0.318 e. The minimum absolute atomic E-state index is 0.0572. The monoisotopic (exact) mass is 317 g/mol. The number of pyridine rings is 1. The summed E-state index contributed by atoms with van der Waals surface area (Å²) in [5.74, 6) is 1.22. The second-order valence-electron chi connectivity index (χ2n) is 5.87. The average molecular weight is 317 g/mol. The lowest BCUT2D eigenvalue weighted by Gasteiger charge is -2.26. The molecule has 0 saturated carbocycles. The van der Waals surface area contributed by atoms with E-state index in [1.807, 2.05) is 19.1 Å². The maximum absolute atomic E-state index is 13.8. The van der Waals surface area contributed by atoms with Crippen LogP contribution in [0.5, 0.6) is 0 Å². The first-order valence-electron chi connectivity index (χ1n) is 7.79. The molecule has 3 heterocycles. The highest BCUT2D eigenvalue weighted by Gasteiger charge is 2.32. The molecule has 0 aliphatic carbocycles. The van der Waals surface area contributed by atoms with E-state index >= 15 is 0 Å². The van der Waals surface area contributed by atoms with Gasteiger partial charge < -0.3 is 14.6 Å². The van der Waals surface area contributed by atoms with Crippen LogP contribution in [-0.2, 0) is 0 Å². The van der Waals surface area contributed by atoms with Crippen LogP contribution in [0.1, 0.15) is 48.9 Å². The van der Waals surface area contributed by atoms with Gasteiger partial charge in [-0.2, -0.15) is 0 Å². The van der Waals surface area contributed by atoms with E-state index in [2.05, 4.69) is 10.3 Å². The molecule has 2 aromatic heterocycles. The van der Waals surface area contributed by atoms with Crippen LogP contribution in [0.2, 0.25) is 0 Å². The second kappa shape index (κ2) is 6.40. The first-order chi connectivity index (χ1) is 11.1. The fourth-order valence-electron chi connectivity index (χ4n) is 3.02. The molecule has 1 saturated heterocycles. The maximum Gasteiger partial charge on any atom is 0.318 e. The largest absolute Gasteiger partial charge is 0.464 e. The number of rotatable bonds is 3. The van der Waals surface area contributed by atoms with E-state index in [4.69, 9.17) is 4.42 Å². The van der Waals surface area contributed by atoms with Crippen molar-refractivity contribution in [3.05, 3.63) is 53.5 Å². The quantitative estimate of drug-likeness (QED) is 0.938. The normalized spacial score (nSPS) is 18.9. The van der Waals surface area contributed by atoms with Crippen molar-refractivity contribution in [1.29, 1.82) is 0 Å². The fourth-order valence-corrected chi connectivity index (χ4v) is 3.02. The Morgan fingerprint density at radius 1 is 1.48 bits per heavy atom. The summed E-state index contributed by atoms with van der Waals surface area (Å²) in [4.78, 5) is 18.1. The molecule has 1 aliphatic rings. The minimum Gasteiger partial charge on any atom is -0.464 e. The van der Waals surface area contributed by atoms with Crippen LogP contribution >= 0.6 is 0 Å². The Balaban J connectivity index is 1.71. The zero-order valence-corrected chi connectivity index (χ0v) is 13.3. The van der Waals surface area contributed by atoms with Gasteiger partial charge in [0.2, 0.25) is 0 Å². The number of amides is 2. The van der Waals surface area contributed by atoms with E-state index in [-0.39, 0.29) is 12.1 Å². The van der Waals surface area contributed by atoms with Crippen molar-refractivity contribution < 1.29 is 13.6 Å². The Bertz CT molecular complexity index is 701. The highest BCUT2D eigenvalue weighted by molar-refractivity contribution is 5.75. The van der Waals surface area contributed by atoms with E-state index in [0.717, 1.165) is 30.6 Å². The van der Waals surface area contributed by atoms with Crippen molar-refractivity contribution in [3.63, 3.8) is 0 Å². The summed E-state index contributed by atoms with van der Waals surface area (Å²) >= 11 is 0. The van der Waals surface area contributed by atoms with Gasteiger partial charge in [-0.05, 0) is 44.9 Å². The second-order valence-corrected chi connectivity index (χ2v) is 5.87. The Morgan fingerprint density at radius 2 is 2.30 bits per heavy atom. The molecule has 2 atom stereocenters. The van der Waals surface area contributed by atoms with Gasteiger partial charge in [-0.25, -0.2) is 9.18 Å². The van der Waals surface area contributed by atoms with Gasteiger partial charge in [0.1, 0.15) is 17.3 Å². The van der Waals surface area contributed by atoms with Gasteiger partial charge in [0.25, 0.3) is 0 Å². The Labute approximate surface area is 134 Å². The molecule has 122 valence electrons. The van der Waals surface area contributed by atoms with Crippen LogP contribution in [0.15, 0.2) is 35.0 Å². The van der Waals surface area contributed by atoms with Crippen molar-refractivity contribution in [2.24, 2.45) is 0 Å². The zero-order valence-electron chi connectivity index (χ0n) is 13.3. The van der Waals surface area contributed by atoms with Crippen LogP contribution in [0.4, 0.5) is 9.18 Å². The summed E-state index contributed by atoms with van der Waals surface area (Å²) in [5, 5.41) is 2.86. The van der Waals surface area contributed by atoms with Crippen LogP contribution in [-0.4, -0.2) is 22.5 Å². The molecular formula is C17H20FN3O2. The van der Waals surface area contributed by atoms with Crippen LogP contribution < -0.4 is 5.32 Å². The van der Waals surface area contributed by atoms with Crippen LogP contribution in [0.25, 0.3) is 0 Å². The molecule has 2 amide bonds. The molecular weight excluding hydrogens is 297 g/mol. The summed E-state index contributed by atoms with van der Waals surface area (Å²) in [5.41, 5.74) is 0.429. The van der Waals surface area contributed by atoms with Crippen molar-refractivity contribution >= 4 is 6.03 Å². The zero-order chi connectivity index (χ0) is 16.4. The van der Waals surface area contributed by atoms with E-state index < -0.39 is 11.9 Å². The molecule has 5 nitrogen and oxygen atoms in total. The Kier molecular flexibility index (Phi) is 4.32. The highest BCUT2D eigenvalue weighted by atomic mass is 19.1. The van der Waals surface area contributed by atoms with E-state index in [0.29, 0.717) is 12.1 Å². The lowest BCUT2D eigenvalue weighted by molar-refractivity contribution is 0.182. The number of furan rings is 1. The number of carbonyl (C=O) groups excluding carboxylic acids is 1. The summed E-state index contributed by atoms with van der Waals surface area (Å²) in [7, 11) is 0. The van der Waals surface area contributed by atoms with Gasteiger partial charge in [-0.3, -0.25) is 4.98 Å². The molecule has 2 aromatic rings. The van der Waals surface area contributed by atoms with E-state index in [9.17, 15) is 9.18 Å². The SMILES string of the molecule is Cc1ccc(C2CCCN2C(=O)NC(C)c2ccncc2F)o1. The van der Waals surface area contributed by atoms with Crippen molar-refractivity contribution in [3.8, 4) is 0 Å². The highest BCUT2D eigenvalue weighted by Crippen LogP contribution is 2.33. The summed E-state index contributed by atoms with van der Waals surface area (Å²) < 4.78 is 19.4. The maximum atomic E-state index is 13.8. The number of hydrogen-bond donors (Lipinski definition) is 1. The fraction of sp³-hybridized carbons (Fsp3) is 0.412. The standard InChI is InChI=1S/C17H20FN3O2/c1-11-5-6-16(23-11)15-4-3-9-21(15)17(22)20-12(2)13-7-8-19-10-14(13)18/h5-8,10,12,15H,3-4,9H2,1-2H3,(H,20,22). The van der Waals surface area contributed by atoms with Gasteiger partial charge >= 0.3 is 6.03 Å². The van der Waals surface area contributed by atoms with E-state index in [1.165, 1.54) is 6.20 Å². The van der Waals surface area contributed by atoms with Gasteiger partial charge in [0, 0.05) is 18.3 Å². The number of urea groups is 1. The molecule has 0 radical (unpaired) electrons. The van der Waals surface area contributed by atoms with Crippen molar-refractivity contribution in [2.45, 2.75) is 38.8 Å². The first kappa shape index (κ1) is 15.5. The molecule has 0 aromatic carbocycles. The third-order valence-electron chi connectivity index (χ3n) is 4.21. The summed E-state index contributed by atoms with van der Waals surface area (Å²) in [6, 6.07) is 4.71. The van der Waals surface area contributed by atoms with Crippen molar-refractivity contribution in [1.82, 2.24) is 15.2 Å². The topological polar surface area (TPSA) is 58.4 Å². The molecule has 1 N–H and O–H groups in total.